The summed E-state index contributed by atoms with van der Waals surface area (Å²) in [4.78, 5) is 33.8. The van der Waals surface area contributed by atoms with Crippen molar-refractivity contribution in [2.24, 2.45) is 0 Å². The molecule has 0 saturated carbocycles. The molecular formula is C15H18N2O5. The maximum atomic E-state index is 11.7. The second kappa shape index (κ2) is 9.17. The van der Waals surface area contributed by atoms with Gasteiger partial charge in [-0.1, -0.05) is 18.2 Å². The van der Waals surface area contributed by atoms with Crippen molar-refractivity contribution >= 4 is 23.7 Å². The second-order valence-corrected chi connectivity index (χ2v) is 4.35. The Labute approximate surface area is 128 Å². The van der Waals surface area contributed by atoms with Crippen LogP contribution in [0.2, 0.25) is 0 Å². The van der Waals surface area contributed by atoms with E-state index in [2.05, 4.69) is 15.4 Å². The minimum absolute atomic E-state index is 0.0213. The molecule has 1 rings (SSSR count). The molecule has 1 aromatic carbocycles. The third-order valence-corrected chi connectivity index (χ3v) is 2.44. The average molecular weight is 306 g/mol. The first-order chi connectivity index (χ1) is 10.5. The predicted molar refractivity (Wildman–Crippen MR) is 80.2 cm³/mol. The topological polar surface area (TPSA) is 93.7 Å². The van der Waals surface area contributed by atoms with Crippen LogP contribution in [-0.4, -0.2) is 37.7 Å². The quantitative estimate of drug-likeness (QED) is 0.613. The van der Waals surface area contributed by atoms with E-state index >= 15 is 0 Å². The first-order valence-corrected chi connectivity index (χ1v) is 6.56. The summed E-state index contributed by atoms with van der Waals surface area (Å²) in [5, 5.41) is 5.26. The minimum atomic E-state index is -0.692. The Morgan fingerprint density at radius 2 is 1.77 bits per heavy atom. The number of hydrogen-bond donors (Lipinski definition) is 2. The molecule has 0 heterocycles. The molecule has 2 amide bonds. The number of amides is 2. The van der Waals surface area contributed by atoms with E-state index in [4.69, 9.17) is 4.74 Å². The highest BCUT2D eigenvalue weighted by molar-refractivity contribution is 5.91. The van der Waals surface area contributed by atoms with Crippen molar-refractivity contribution in [3.63, 3.8) is 0 Å². The SMILES string of the molecule is COC(=O)/C=C/C(=O)OC[C@@H](C)NC(=O)Nc1ccccc1. The van der Waals surface area contributed by atoms with Gasteiger partial charge in [-0.25, -0.2) is 14.4 Å². The second-order valence-electron chi connectivity index (χ2n) is 4.35. The zero-order chi connectivity index (χ0) is 16.4. The van der Waals surface area contributed by atoms with Gasteiger partial charge in [0.15, 0.2) is 0 Å². The van der Waals surface area contributed by atoms with Crippen LogP contribution in [-0.2, 0) is 19.1 Å². The Balaban J connectivity index is 2.29. The van der Waals surface area contributed by atoms with Crippen molar-refractivity contribution in [3.8, 4) is 0 Å². The number of esters is 2. The predicted octanol–water partition coefficient (Wildman–Crippen LogP) is 1.47. The van der Waals surface area contributed by atoms with E-state index in [1.54, 1.807) is 31.2 Å². The zero-order valence-corrected chi connectivity index (χ0v) is 12.4. The highest BCUT2D eigenvalue weighted by atomic mass is 16.5. The van der Waals surface area contributed by atoms with Crippen molar-refractivity contribution < 1.29 is 23.9 Å². The molecule has 7 heteroatoms. The molecule has 0 bridgehead atoms. The summed E-state index contributed by atoms with van der Waals surface area (Å²) in [6, 6.07) is 8.15. The smallest absolute Gasteiger partial charge is 0.331 e. The summed E-state index contributed by atoms with van der Waals surface area (Å²) in [6.45, 7) is 1.66. The van der Waals surface area contributed by atoms with E-state index in [9.17, 15) is 14.4 Å². The average Bonchev–Trinajstić information content (AvgIpc) is 2.51. The number of benzene rings is 1. The van der Waals surface area contributed by atoms with Crippen LogP contribution in [0.25, 0.3) is 0 Å². The summed E-state index contributed by atoms with van der Waals surface area (Å²) in [6.07, 6.45) is 1.92. The van der Waals surface area contributed by atoms with E-state index in [-0.39, 0.29) is 12.6 Å². The fourth-order valence-electron chi connectivity index (χ4n) is 1.41. The Kier molecular flexibility index (Phi) is 7.18. The van der Waals surface area contributed by atoms with Crippen LogP contribution in [0.3, 0.4) is 0 Å². The number of para-hydroxylation sites is 1. The molecule has 0 fully saturated rings. The lowest BCUT2D eigenvalue weighted by molar-refractivity contribution is -0.139. The van der Waals surface area contributed by atoms with Gasteiger partial charge < -0.3 is 20.1 Å². The molecule has 0 spiro atoms. The van der Waals surface area contributed by atoms with Gasteiger partial charge in [0.05, 0.1) is 13.2 Å². The molecule has 0 aliphatic rings. The summed E-state index contributed by atoms with van der Waals surface area (Å²) < 4.78 is 9.21. The lowest BCUT2D eigenvalue weighted by Gasteiger charge is -2.14. The van der Waals surface area contributed by atoms with Gasteiger partial charge in [0, 0.05) is 17.8 Å². The number of nitrogens with one attached hydrogen (secondary N) is 2. The number of hydrogen-bond acceptors (Lipinski definition) is 5. The van der Waals surface area contributed by atoms with Gasteiger partial charge in [-0.15, -0.1) is 0 Å². The fourth-order valence-corrected chi connectivity index (χ4v) is 1.41. The highest BCUT2D eigenvalue weighted by Crippen LogP contribution is 2.04. The van der Waals surface area contributed by atoms with E-state index in [0.717, 1.165) is 12.2 Å². The number of carbonyl (C=O) groups excluding carboxylic acids is 3. The number of ether oxygens (including phenoxy) is 2. The molecule has 7 nitrogen and oxygen atoms in total. The van der Waals surface area contributed by atoms with E-state index in [0.29, 0.717) is 5.69 Å². The Morgan fingerprint density at radius 3 is 2.41 bits per heavy atom. The molecule has 1 atom stereocenters. The van der Waals surface area contributed by atoms with Crippen molar-refractivity contribution in [2.45, 2.75) is 13.0 Å². The van der Waals surface area contributed by atoms with Gasteiger partial charge in [-0.05, 0) is 19.1 Å². The molecule has 0 radical (unpaired) electrons. The van der Waals surface area contributed by atoms with Gasteiger partial charge in [0.1, 0.15) is 6.61 Å². The lowest BCUT2D eigenvalue weighted by Crippen LogP contribution is -2.39. The molecule has 118 valence electrons. The van der Waals surface area contributed by atoms with Crippen LogP contribution in [0.4, 0.5) is 10.5 Å². The van der Waals surface area contributed by atoms with E-state index in [1.165, 1.54) is 7.11 Å². The fraction of sp³-hybridized carbons (Fsp3) is 0.267. The van der Waals surface area contributed by atoms with Gasteiger partial charge >= 0.3 is 18.0 Å². The molecule has 0 aromatic heterocycles. The van der Waals surface area contributed by atoms with Crippen molar-refractivity contribution in [2.75, 3.05) is 19.0 Å². The number of carbonyl (C=O) groups is 3. The molecule has 0 unspecified atom stereocenters. The third kappa shape index (κ3) is 7.09. The van der Waals surface area contributed by atoms with Crippen LogP contribution in [0.15, 0.2) is 42.5 Å². The number of urea groups is 1. The minimum Gasteiger partial charge on any atom is -0.466 e. The number of methoxy groups -OCH3 is 1. The molecular weight excluding hydrogens is 288 g/mol. The number of anilines is 1. The van der Waals surface area contributed by atoms with Crippen LogP contribution >= 0.6 is 0 Å². The lowest BCUT2D eigenvalue weighted by atomic mass is 10.3. The molecule has 1 aromatic rings. The summed E-state index contributed by atoms with van der Waals surface area (Å²) in [7, 11) is 1.20. The molecule has 0 aliphatic carbocycles. The third-order valence-electron chi connectivity index (χ3n) is 2.44. The van der Waals surface area contributed by atoms with Crippen LogP contribution in [0.1, 0.15) is 6.92 Å². The zero-order valence-electron chi connectivity index (χ0n) is 12.4. The molecule has 0 saturated heterocycles. The van der Waals surface area contributed by atoms with Crippen molar-refractivity contribution in [1.29, 1.82) is 0 Å². The number of rotatable bonds is 6. The van der Waals surface area contributed by atoms with Crippen LogP contribution in [0, 0.1) is 0 Å². The molecule has 22 heavy (non-hydrogen) atoms. The van der Waals surface area contributed by atoms with Gasteiger partial charge in [0.2, 0.25) is 0 Å². The van der Waals surface area contributed by atoms with Gasteiger partial charge in [-0.3, -0.25) is 0 Å². The first-order valence-electron chi connectivity index (χ1n) is 6.56. The van der Waals surface area contributed by atoms with E-state index in [1.807, 2.05) is 6.07 Å². The highest BCUT2D eigenvalue weighted by Gasteiger charge is 2.09. The van der Waals surface area contributed by atoms with Crippen molar-refractivity contribution in [1.82, 2.24) is 5.32 Å². The van der Waals surface area contributed by atoms with E-state index < -0.39 is 18.0 Å². The largest absolute Gasteiger partial charge is 0.466 e. The first kappa shape index (κ1) is 17.2. The summed E-state index contributed by atoms with van der Waals surface area (Å²) >= 11 is 0. The van der Waals surface area contributed by atoms with Crippen LogP contribution in [0.5, 0.6) is 0 Å². The van der Waals surface area contributed by atoms with Crippen LogP contribution < -0.4 is 10.6 Å². The van der Waals surface area contributed by atoms with Crippen molar-refractivity contribution in [3.05, 3.63) is 42.5 Å². The molecule has 2 N–H and O–H groups in total. The Morgan fingerprint density at radius 1 is 1.14 bits per heavy atom. The maximum absolute atomic E-state index is 11.7. The van der Waals surface area contributed by atoms with Gasteiger partial charge in [0.25, 0.3) is 0 Å². The Bertz CT molecular complexity index is 542. The normalized spacial score (nSPS) is 11.5. The maximum Gasteiger partial charge on any atom is 0.331 e. The Hall–Kier alpha value is -2.83. The monoisotopic (exact) mass is 306 g/mol. The summed E-state index contributed by atoms with van der Waals surface area (Å²) in [5.74, 6) is -1.34. The summed E-state index contributed by atoms with van der Waals surface area (Å²) in [5.41, 5.74) is 0.658. The standard InChI is InChI=1S/C15H18N2O5/c1-11(10-22-14(19)9-8-13(18)21-2)16-15(20)17-12-6-4-3-5-7-12/h3-9,11H,10H2,1-2H3,(H2,16,17,20)/b9-8+/t11-/m1/s1. The molecule has 0 aliphatic heterocycles. The van der Waals surface area contributed by atoms with Gasteiger partial charge in [-0.2, -0.15) is 0 Å².